The van der Waals surface area contributed by atoms with Crippen molar-refractivity contribution in [2.24, 2.45) is 0 Å². The van der Waals surface area contributed by atoms with Crippen LogP contribution < -0.4 is 4.90 Å². The molecule has 1 fully saturated rings. The number of anilines is 1. The van der Waals surface area contributed by atoms with E-state index in [2.05, 4.69) is 39.9 Å². The minimum absolute atomic E-state index is 0.128. The predicted octanol–water partition coefficient (Wildman–Crippen LogP) is 4.60. The summed E-state index contributed by atoms with van der Waals surface area (Å²) in [5.41, 5.74) is 3.34. The minimum Gasteiger partial charge on any atom is -0.308 e. The number of hydrogen-bond acceptors (Lipinski definition) is 4. The van der Waals surface area contributed by atoms with Crippen molar-refractivity contribution < 1.29 is 4.79 Å². The number of para-hydroxylation sites is 2. The highest BCUT2D eigenvalue weighted by atomic mass is 32.2. The van der Waals surface area contributed by atoms with E-state index in [1.165, 1.54) is 17.3 Å². The summed E-state index contributed by atoms with van der Waals surface area (Å²) >= 11 is 1.50. The van der Waals surface area contributed by atoms with Gasteiger partial charge in [0.05, 0.1) is 5.25 Å². The van der Waals surface area contributed by atoms with Crippen LogP contribution >= 0.6 is 11.8 Å². The summed E-state index contributed by atoms with van der Waals surface area (Å²) in [6, 6.07) is 18.6. The van der Waals surface area contributed by atoms with Crippen LogP contribution in [0.25, 0.3) is 5.69 Å². The first-order valence-electron chi connectivity index (χ1n) is 10.2. The molecule has 2 atom stereocenters. The van der Waals surface area contributed by atoms with E-state index in [-0.39, 0.29) is 17.2 Å². The Morgan fingerprint density at radius 3 is 2.55 bits per heavy atom. The van der Waals surface area contributed by atoms with Crippen molar-refractivity contribution in [3.8, 4) is 5.69 Å². The fourth-order valence-electron chi connectivity index (χ4n) is 4.09. The third-order valence-corrected chi connectivity index (χ3v) is 6.72. The van der Waals surface area contributed by atoms with E-state index in [0.717, 1.165) is 41.6 Å². The van der Waals surface area contributed by atoms with Gasteiger partial charge in [0.15, 0.2) is 5.16 Å². The zero-order valence-corrected chi connectivity index (χ0v) is 17.5. The number of carbonyl (C=O) groups excluding carboxylic acids is 1. The van der Waals surface area contributed by atoms with Crippen molar-refractivity contribution >= 4 is 23.4 Å². The van der Waals surface area contributed by atoms with Gasteiger partial charge in [0.2, 0.25) is 5.91 Å². The number of aromatic nitrogens is 3. The molecule has 2 unspecified atom stereocenters. The molecule has 148 valence electrons. The Labute approximate surface area is 175 Å². The van der Waals surface area contributed by atoms with Gasteiger partial charge in [-0.15, -0.1) is 10.2 Å². The van der Waals surface area contributed by atoms with E-state index in [1.807, 2.05) is 48.2 Å². The number of rotatable bonds is 5. The molecule has 1 saturated carbocycles. The molecule has 0 N–H and O–H groups in total. The molecule has 0 spiro atoms. The number of benzene rings is 2. The lowest BCUT2D eigenvalue weighted by Gasteiger charge is -2.25. The van der Waals surface area contributed by atoms with Crippen LogP contribution in [0.5, 0.6) is 0 Å². The van der Waals surface area contributed by atoms with Crippen LogP contribution in [0.15, 0.2) is 59.8 Å². The Morgan fingerprint density at radius 1 is 1.07 bits per heavy atom. The van der Waals surface area contributed by atoms with Gasteiger partial charge in [0.25, 0.3) is 0 Å². The molecule has 2 heterocycles. The van der Waals surface area contributed by atoms with Crippen LogP contribution in [-0.4, -0.2) is 32.0 Å². The van der Waals surface area contributed by atoms with Crippen molar-refractivity contribution in [3.05, 3.63) is 66.0 Å². The van der Waals surface area contributed by atoms with Gasteiger partial charge < -0.3 is 4.90 Å². The molecule has 6 heteroatoms. The molecule has 2 aromatic carbocycles. The lowest BCUT2D eigenvalue weighted by atomic mass is 10.1. The van der Waals surface area contributed by atoms with Crippen molar-refractivity contribution in [1.82, 2.24) is 14.8 Å². The largest absolute Gasteiger partial charge is 0.308 e. The summed E-state index contributed by atoms with van der Waals surface area (Å²) in [6.45, 7) is 4.09. The van der Waals surface area contributed by atoms with Gasteiger partial charge in [-0.3, -0.25) is 9.36 Å². The number of amides is 1. The first-order chi connectivity index (χ1) is 14.1. The molecule has 1 aromatic heterocycles. The highest BCUT2D eigenvalue weighted by Gasteiger charge is 2.35. The second kappa shape index (κ2) is 7.34. The Kier molecular flexibility index (Phi) is 4.66. The van der Waals surface area contributed by atoms with E-state index in [1.54, 1.807) is 0 Å². The van der Waals surface area contributed by atoms with Gasteiger partial charge in [-0.05, 0) is 56.9 Å². The Bertz CT molecular complexity index is 1040. The molecule has 5 rings (SSSR count). The quantitative estimate of drug-likeness (QED) is 0.583. The van der Waals surface area contributed by atoms with Gasteiger partial charge in [0.1, 0.15) is 5.82 Å². The van der Waals surface area contributed by atoms with E-state index in [0.29, 0.717) is 5.92 Å². The molecule has 3 aromatic rings. The molecule has 1 aliphatic heterocycles. The fraction of sp³-hybridized carbons (Fsp3) is 0.348. The zero-order valence-electron chi connectivity index (χ0n) is 16.7. The van der Waals surface area contributed by atoms with Crippen molar-refractivity contribution in [1.29, 1.82) is 0 Å². The number of fused-ring (bicyclic) bond motifs is 1. The maximum Gasteiger partial charge on any atom is 0.240 e. The summed E-state index contributed by atoms with van der Waals surface area (Å²) in [6.07, 6.45) is 3.23. The van der Waals surface area contributed by atoms with Gasteiger partial charge in [-0.1, -0.05) is 48.2 Å². The highest BCUT2D eigenvalue weighted by Crippen LogP contribution is 2.42. The third kappa shape index (κ3) is 3.35. The van der Waals surface area contributed by atoms with Gasteiger partial charge >= 0.3 is 0 Å². The fourth-order valence-corrected chi connectivity index (χ4v) is 5.01. The van der Waals surface area contributed by atoms with Crippen LogP contribution in [0.4, 0.5) is 5.69 Å². The third-order valence-electron chi connectivity index (χ3n) is 5.69. The highest BCUT2D eigenvalue weighted by molar-refractivity contribution is 8.00. The second-order valence-electron chi connectivity index (χ2n) is 7.94. The average Bonchev–Trinajstić information content (AvgIpc) is 3.41. The SMILES string of the molecule is CC(Sc1nnc(C2CC2)n1-c1ccccc1)C(=O)N1c2ccccc2CC1C. The predicted molar refractivity (Wildman–Crippen MR) is 116 cm³/mol. The second-order valence-corrected chi connectivity index (χ2v) is 9.24. The van der Waals surface area contributed by atoms with Crippen LogP contribution in [0.2, 0.25) is 0 Å². The molecule has 5 nitrogen and oxygen atoms in total. The average molecular weight is 405 g/mol. The van der Waals surface area contributed by atoms with Crippen molar-refractivity contribution in [2.75, 3.05) is 4.90 Å². The molecule has 0 saturated heterocycles. The van der Waals surface area contributed by atoms with Gasteiger partial charge in [0, 0.05) is 23.3 Å². The maximum atomic E-state index is 13.4. The topological polar surface area (TPSA) is 51.0 Å². The Hall–Kier alpha value is -2.60. The summed E-state index contributed by atoms with van der Waals surface area (Å²) in [5, 5.41) is 9.50. The summed E-state index contributed by atoms with van der Waals surface area (Å²) in [4.78, 5) is 15.3. The first kappa shape index (κ1) is 18.4. The zero-order chi connectivity index (χ0) is 20.0. The van der Waals surface area contributed by atoms with Crippen molar-refractivity contribution in [3.63, 3.8) is 0 Å². The monoisotopic (exact) mass is 404 g/mol. The van der Waals surface area contributed by atoms with Crippen LogP contribution in [-0.2, 0) is 11.2 Å². The number of nitrogens with zero attached hydrogens (tertiary/aromatic N) is 4. The van der Waals surface area contributed by atoms with Gasteiger partial charge in [-0.25, -0.2) is 0 Å². The molecule has 1 amide bonds. The number of hydrogen-bond donors (Lipinski definition) is 0. The normalized spacial score (nSPS) is 19.2. The van der Waals surface area contributed by atoms with E-state index >= 15 is 0 Å². The van der Waals surface area contributed by atoms with Gasteiger partial charge in [-0.2, -0.15) is 0 Å². The van der Waals surface area contributed by atoms with Crippen LogP contribution in [0, 0.1) is 0 Å². The molecule has 1 aliphatic carbocycles. The molecular formula is C23H24N4OS. The number of carbonyl (C=O) groups is 1. The number of thioether (sulfide) groups is 1. The molecule has 29 heavy (non-hydrogen) atoms. The smallest absolute Gasteiger partial charge is 0.240 e. The molecule has 0 radical (unpaired) electrons. The lowest BCUT2D eigenvalue weighted by Crippen LogP contribution is -2.40. The summed E-state index contributed by atoms with van der Waals surface area (Å²) < 4.78 is 2.13. The standard InChI is InChI=1S/C23H24N4OS/c1-15-14-18-8-6-7-11-20(18)26(15)22(28)16(2)29-23-25-24-21(17-12-13-17)27(23)19-9-4-3-5-10-19/h3-11,15-17H,12-14H2,1-2H3. The van der Waals surface area contributed by atoms with E-state index in [9.17, 15) is 4.79 Å². The van der Waals surface area contributed by atoms with E-state index < -0.39 is 0 Å². The van der Waals surface area contributed by atoms with Crippen molar-refractivity contribution in [2.45, 2.75) is 55.5 Å². The molecular weight excluding hydrogens is 380 g/mol. The summed E-state index contributed by atoms with van der Waals surface area (Å²) in [5.74, 6) is 1.62. The first-order valence-corrected chi connectivity index (χ1v) is 11.1. The maximum absolute atomic E-state index is 13.4. The van der Waals surface area contributed by atoms with E-state index in [4.69, 9.17) is 0 Å². The minimum atomic E-state index is -0.248. The lowest BCUT2D eigenvalue weighted by molar-refractivity contribution is -0.118. The molecule has 0 bridgehead atoms. The molecule has 2 aliphatic rings. The summed E-state index contributed by atoms with van der Waals surface area (Å²) in [7, 11) is 0. The van der Waals surface area contributed by atoms with Crippen LogP contribution in [0.1, 0.15) is 44.0 Å². The Balaban J connectivity index is 1.43. The Morgan fingerprint density at radius 2 is 1.79 bits per heavy atom. The van der Waals surface area contributed by atoms with Crippen LogP contribution in [0.3, 0.4) is 0 Å².